The maximum atomic E-state index is 14.0. The molecule has 0 radical (unpaired) electrons. The Hall–Kier alpha value is -4.06. The third-order valence-electron chi connectivity index (χ3n) is 7.66. The summed E-state index contributed by atoms with van der Waals surface area (Å²) in [5.41, 5.74) is 4.49. The van der Waals surface area contributed by atoms with Crippen molar-refractivity contribution in [3.05, 3.63) is 104 Å². The van der Waals surface area contributed by atoms with Crippen molar-refractivity contribution >= 4 is 16.9 Å². The topological polar surface area (TPSA) is 69.0 Å². The number of carbonyl (C=O) groups excluding carboxylic acids is 1. The van der Waals surface area contributed by atoms with Gasteiger partial charge in [0.25, 0.3) is 5.91 Å². The first-order chi connectivity index (χ1) is 19.4. The van der Waals surface area contributed by atoms with Gasteiger partial charge in [0.05, 0.1) is 30.7 Å². The molecule has 0 saturated heterocycles. The fourth-order valence-corrected chi connectivity index (χ4v) is 5.56. The summed E-state index contributed by atoms with van der Waals surface area (Å²) < 4.78 is 17.5. The highest BCUT2D eigenvalue weighted by atomic mass is 16.5. The Morgan fingerprint density at radius 3 is 2.33 bits per heavy atom. The molecule has 1 unspecified atom stereocenters. The van der Waals surface area contributed by atoms with Gasteiger partial charge in [-0.05, 0) is 79.3 Å². The minimum Gasteiger partial charge on any atom is -0.497 e. The zero-order valence-corrected chi connectivity index (χ0v) is 23.8. The number of carbonyl (C=O) groups is 1. The maximum absolute atomic E-state index is 14.0. The van der Waals surface area contributed by atoms with Crippen molar-refractivity contribution in [3.63, 3.8) is 0 Å². The van der Waals surface area contributed by atoms with E-state index in [1.54, 1.807) is 12.0 Å². The molecule has 0 fully saturated rings. The molecule has 0 aliphatic carbocycles. The molecule has 1 aromatic heterocycles. The third kappa shape index (κ3) is 5.48. The maximum Gasteiger partial charge on any atom is 0.290 e. The van der Waals surface area contributed by atoms with E-state index >= 15 is 0 Å². The molecule has 6 heteroatoms. The minimum atomic E-state index is -0.541. The molecule has 4 aromatic rings. The van der Waals surface area contributed by atoms with E-state index in [9.17, 15) is 9.59 Å². The van der Waals surface area contributed by atoms with Gasteiger partial charge in [-0.15, -0.1) is 0 Å². The van der Waals surface area contributed by atoms with Crippen molar-refractivity contribution in [2.24, 2.45) is 0 Å². The zero-order chi connectivity index (χ0) is 28.2. The Morgan fingerprint density at radius 1 is 0.900 bits per heavy atom. The van der Waals surface area contributed by atoms with Crippen molar-refractivity contribution in [2.45, 2.75) is 58.9 Å². The van der Waals surface area contributed by atoms with Gasteiger partial charge in [-0.1, -0.05) is 56.5 Å². The van der Waals surface area contributed by atoms with Gasteiger partial charge in [0.15, 0.2) is 5.43 Å². The molecule has 1 atom stereocenters. The highest BCUT2D eigenvalue weighted by Gasteiger charge is 2.42. The Labute approximate surface area is 235 Å². The Kier molecular flexibility index (Phi) is 8.24. The molecule has 1 aliphatic heterocycles. The summed E-state index contributed by atoms with van der Waals surface area (Å²) in [5.74, 6) is 1.45. The van der Waals surface area contributed by atoms with Gasteiger partial charge >= 0.3 is 0 Å². The second kappa shape index (κ2) is 12.0. The van der Waals surface area contributed by atoms with E-state index in [0.29, 0.717) is 36.1 Å². The van der Waals surface area contributed by atoms with Crippen LogP contribution in [0.3, 0.4) is 0 Å². The first-order valence-corrected chi connectivity index (χ1v) is 14.2. The summed E-state index contributed by atoms with van der Waals surface area (Å²) in [7, 11) is 1.64. The molecular weight excluding hydrogens is 502 g/mol. The van der Waals surface area contributed by atoms with Crippen LogP contribution in [0.15, 0.2) is 69.9 Å². The summed E-state index contributed by atoms with van der Waals surface area (Å²) >= 11 is 0. The lowest BCUT2D eigenvalue weighted by atomic mass is 9.97. The molecule has 1 amide bonds. The number of ether oxygens (including phenoxy) is 2. The molecule has 1 aliphatic rings. The number of hydrogen-bond acceptors (Lipinski definition) is 5. The highest BCUT2D eigenvalue weighted by molar-refractivity contribution is 5.99. The number of methoxy groups -OCH3 is 1. The van der Waals surface area contributed by atoms with Crippen LogP contribution in [0.4, 0.5) is 0 Å². The largest absolute Gasteiger partial charge is 0.497 e. The number of rotatable bonds is 11. The van der Waals surface area contributed by atoms with Crippen LogP contribution in [-0.2, 0) is 6.42 Å². The van der Waals surface area contributed by atoms with Crippen LogP contribution in [-0.4, -0.2) is 31.1 Å². The van der Waals surface area contributed by atoms with Crippen LogP contribution in [0, 0.1) is 13.8 Å². The summed E-state index contributed by atoms with van der Waals surface area (Å²) in [4.78, 5) is 29.5. The van der Waals surface area contributed by atoms with Crippen molar-refractivity contribution in [1.29, 1.82) is 0 Å². The van der Waals surface area contributed by atoms with Gasteiger partial charge in [-0.3, -0.25) is 9.59 Å². The number of amides is 1. The Bertz CT molecular complexity index is 1550. The Morgan fingerprint density at radius 2 is 1.62 bits per heavy atom. The second-order valence-electron chi connectivity index (χ2n) is 10.6. The molecule has 5 rings (SSSR count). The summed E-state index contributed by atoms with van der Waals surface area (Å²) in [6.45, 7) is 7.17. The van der Waals surface area contributed by atoms with Gasteiger partial charge in [-0.2, -0.15) is 0 Å². The smallest absolute Gasteiger partial charge is 0.290 e. The highest BCUT2D eigenvalue weighted by Crippen LogP contribution is 2.39. The zero-order valence-electron chi connectivity index (χ0n) is 23.8. The average molecular weight is 540 g/mol. The van der Waals surface area contributed by atoms with E-state index in [2.05, 4.69) is 6.92 Å². The summed E-state index contributed by atoms with van der Waals surface area (Å²) in [5, 5.41) is 0.512. The van der Waals surface area contributed by atoms with E-state index in [4.69, 9.17) is 13.9 Å². The van der Waals surface area contributed by atoms with Gasteiger partial charge in [0.2, 0.25) is 5.76 Å². The van der Waals surface area contributed by atoms with Crippen molar-refractivity contribution < 1.29 is 18.7 Å². The molecule has 3 aromatic carbocycles. The molecule has 0 saturated carbocycles. The van der Waals surface area contributed by atoms with E-state index in [1.807, 2.05) is 74.5 Å². The first-order valence-electron chi connectivity index (χ1n) is 14.2. The van der Waals surface area contributed by atoms with E-state index in [0.717, 1.165) is 46.6 Å². The number of benzene rings is 3. The van der Waals surface area contributed by atoms with Gasteiger partial charge in [-0.25, -0.2) is 0 Å². The van der Waals surface area contributed by atoms with E-state index in [-0.39, 0.29) is 17.1 Å². The number of hydrogen-bond donors (Lipinski definition) is 0. The molecular formula is C34H37NO5. The van der Waals surface area contributed by atoms with Gasteiger partial charge in [0.1, 0.15) is 17.1 Å². The normalized spacial score (nSPS) is 14.6. The minimum absolute atomic E-state index is 0.139. The predicted molar refractivity (Wildman–Crippen MR) is 158 cm³/mol. The molecule has 0 N–H and O–H groups in total. The second-order valence-corrected chi connectivity index (χ2v) is 10.6. The van der Waals surface area contributed by atoms with Crippen LogP contribution in [0.5, 0.6) is 11.5 Å². The van der Waals surface area contributed by atoms with Crippen molar-refractivity contribution in [3.8, 4) is 11.5 Å². The fraction of sp³-hybridized carbons (Fsp3) is 0.353. The lowest BCUT2D eigenvalue weighted by Gasteiger charge is -2.25. The summed E-state index contributed by atoms with van der Waals surface area (Å²) in [6.07, 6.45) is 5.20. The van der Waals surface area contributed by atoms with Crippen LogP contribution in [0.25, 0.3) is 11.0 Å². The molecule has 6 nitrogen and oxygen atoms in total. The van der Waals surface area contributed by atoms with Crippen molar-refractivity contribution in [2.75, 3.05) is 20.3 Å². The number of nitrogens with zero attached hydrogens (tertiary/aromatic N) is 1. The first kappa shape index (κ1) is 27.5. The fourth-order valence-electron chi connectivity index (χ4n) is 5.56. The molecule has 0 bridgehead atoms. The van der Waals surface area contributed by atoms with Crippen LogP contribution in [0.2, 0.25) is 0 Å². The van der Waals surface area contributed by atoms with Crippen LogP contribution >= 0.6 is 0 Å². The SMILES string of the molecule is CCCCCCOc1ccc(C2c3c(oc4c(C)cc(C)cc4c3=O)C(=O)N2CCc2ccc(OC)cc2)cc1. The molecule has 0 spiro atoms. The quantitative estimate of drug-likeness (QED) is 0.189. The lowest BCUT2D eigenvalue weighted by molar-refractivity contribution is 0.0730. The predicted octanol–water partition coefficient (Wildman–Crippen LogP) is 7.17. The van der Waals surface area contributed by atoms with Crippen molar-refractivity contribution in [1.82, 2.24) is 4.90 Å². The molecule has 40 heavy (non-hydrogen) atoms. The summed E-state index contributed by atoms with van der Waals surface area (Å²) in [6, 6.07) is 18.9. The average Bonchev–Trinajstić information content (AvgIpc) is 3.24. The Balaban J connectivity index is 1.50. The number of unbranched alkanes of at least 4 members (excludes halogenated alkanes) is 3. The van der Waals surface area contributed by atoms with Gasteiger partial charge < -0.3 is 18.8 Å². The standard InChI is InChI=1S/C34H37NO5/c1-5-6-7-8-19-39-27-15-11-25(12-16-27)30-29-31(36)28-21-22(2)20-23(3)32(28)40-33(29)34(37)35(30)18-17-24-9-13-26(38-4)14-10-24/h9-16,20-21,30H,5-8,17-19H2,1-4H3. The van der Waals surface area contributed by atoms with E-state index in [1.165, 1.54) is 12.8 Å². The molecule has 208 valence electrons. The number of aryl methyl sites for hydroxylation is 2. The van der Waals surface area contributed by atoms with Crippen LogP contribution < -0.4 is 14.9 Å². The third-order valence-corrected chi connectivity index (χ3v) is 7.66. The number of fused-ring (bicyclic) bond motifs is 2. The molecule has 2 heterocycles. The van der Waals surface area contributed by atoms with Gasteiger partial charge in [0, 0.05) is 6.54 Å². The van der Waals surface area contributed by atoms with Crippen LogP contribution in [0.1, 0.15) is 77.0 Å². The monoisotopic (exact) mass is 539 g/mol. The van der Waals surface area contributed by atoms with E-state index < -0.39 is 6.04 Å². The lowest BCUT2D eigenvalue weighted by Crippen LogP contribution is -2.31.